The monoisotopic (exact) mass is 645 g/mol. The Bertz CT molecular complexity index is 958. The molecule has 0 aromatic carbocycles. The van der Waals surface area contributed by atoms with Crippen LogP contribution in [0.25, 0.3) is 0 Å². The average Bonchev–Trinajstić information content (AvgIpc) is 3.00. The first-order valence-corrected chi connectivity index (χ1v) is 14.1. The van der Waals surface area contributed by atoms with Gasteiger partial charge in [-0.25, -0.2) is 0 Å². The Morgan fingerprint density at radius 2 is 1.16 bits per heavy atom. The molecule has 1 aliphatic carbocycles. The lowest BCUT2D eigenvalue weighted by molar-refractivity contribution is -0.373. The van der Waals surface area contributed by atoms with Gasteiger partial charge in [0.25, 0.3) is 0 Å². The van der Waals surface area contributed by atoms with E-state index >= 15 is 0 Å². The van der Waals surface area contributed by atoms with Gasteiger partial charge in [-0.2, -0.15) is 0 Å². The van der Waals surface area contributed by atoms with Crippen LogP contribution in [0, 0.1) is 0 Å². The molecule has 0 aromatic rings. The summed E-state index contributed by atoms with van der Waals surface area (Å²) in [6.45, 7) is -0.753. The van der Waals surface area contributed by atoms with E-state index in [2.05, 4.69) is 5.32 Å². The lowest BCUT2D eigenvalue weighted by Gasteiger charge is -2.48. The van der Waals surface area contributed by atoms with E-state index in [0.717, 1.165) is 0 Å². The van der Waals surface area contributed by atoms with Crippen molar-refractivity contribution < 1.29 is 90.1 Å². The molecule has 3 heterocycles. The molecule has 0 unspecified atom stereocenters. The molecule has 0 saturated carbocycles. The van der Waals surface area contributed by atoms with Crippen LogP contribution in [0.5, 0.6) is 0 Å². The number of nitrogens with one attached hydrogen (secondary N) is 1. The first-order chi connectivity index (χ1) is 20.7. The van der Waals surface area contributed by atoms with Gasteiger partial charge < -0.3 is 95.4 Å². The number of rotatable bonds is 9. The Hall–Kier alpha value is -1.02. The largest absolute Gasteiger partial charge is 0.394 e. The fraction of sp³-hybridized carbons (Fsp3) is 0.920. The number of aliphatic hydroxyl groups is 13. The van der Waals surface area contributed by atoms with Crippen LogP contribution in [-0.4, -0.2) is 203 Å². The molecular weight excluding hydrogens is 602 g/mol. The summed E-state index contributed by atoms with van der Waals surface area (Å²) in [7, 11) is 0. The number of hydrogen-bond donors (Lipinski definition) is 14. The van der Waals surface area contributed by atoms with Crippen molar-refractivity contribution in [1.29, 1.82) is 0 Å². The molecular formula is C25H43NO18. The number of hydrogen-bond acceptors (Lipinski definition) is 19. The van der Waals surface area contributed by atoms with Crippen LogP contribution in [0.2, 0.25) is 0 Å². The van der Waals surface area contributed by atoms with Gasteiger partial charge in [0, 0.05) is 0 Å². The predicted molar refractivity (Wildman–Crippen MR) is 138 cm³/mol. The van der Waals surface area contributed by atoms with Gasteiger partial charge in [0.15, 0.2) is 18.9 Å². The highest BCUT2D eigenvalue weighted by atomic mass is 16.7. The Balaban J connectivity index is 1.42. The van der Waals surface area contributed by atoms with Crippen molar-refractivity contribution in [2.24, 2.45) is 0 Å². The van der Waals surface area contributed by atoms with Crippen LogP contribution in [0.1, 0.15) is 6.92 Å². The summed E-state index contributed by atoms with van der Waals surface area (Å²) in [6, 6.07) is -2.17. The number of ether oxygens (including phenoxy) is 5. The fourth-order valence-corrected chi connectivity index (χ4v) is 5.81. The first kappa shape index (κ1) is 35.8. The second-order valence-electron chi connectivity index (χ2n) is 11.4. The Kier molecular flexibility index (Phi) is 12.1. The van der Waals surface area contributed by atoms with Gasteiger partial charge >= 0.3 is 0 Å². The molecule has 19 atom stereocenters. The summed E-state index contributed by atoms with van der Waals surface area (Å²) in [5.41, 5.74) is 0.0225. The summed E-state index contributed by atoms with van der Waals surface area (Å²) >= 11 is 0. The third-order valence-electron chi connectivity index (χ3n) is 8.48. The van der Waals surface area contributed by atoms with E-state index in [9.17, 15) is 66.4 Å². The maximum Gasteiger partial charge on any atom is 0.187 e. The van der Waals surface area contributed by atoms with Crippen LogP contribution in [0.3, 0.4) is 0 Å². The molecule has 4 rings (SSSR count). The Morgan fingerprint density at radius 1 is 0.636 bits per heavy atom. The average molecular weight is 646 g/mol. The van der Waals surface area contributed by atoms with Crippen molar-refractivity contribution in [2.75, 3.05) is 19.8 Å². The summed E-state index contributed by atoms with van der Waals surface area (Å²) in [6.07, 6.45) is -26.6. The minimum absolute atomic E-state index is 0.0225. The summed E-state index contributed by atoms with van der Waals surface area (Å²) in [5, 5.41) is 136. The van der Waals surface area contributed by atoms with Gasteiger partial charge in [-0.3, -0.25) is 0 Å². The van der Waals surface area contributed by atoms with Crippen LogP contribution in [-0.2, 0) is 23.7 Å². The zero-order valence-corrected chi connectivity index (χ0v) is 23.5. The van der Waals surface area contributed by atoms with Crippen molar-refractivity contribution in [3.05, 3.63) is 11.6 Å². The predicted octanol–water partition coefficient (Wildman–Crippen LogP) is -8.56. The first-order valence-electron chi connectivity index (χ1n) is 14.1. The van der Waals surface area contributed by atoms with Gasteiger partial charge in [0.05, 0.1) is 38.0 Å². The molecule has 3 saturated heterocycles. The van der Waals surface area contributed by atoms with Crippen LogP contribution < -0.4 is 5.32 Å². The fourth-order valence-electron chi connectivity index (χ4n) is 5.81. The molecule has 256 valence electrons. The zero-order valence-electron chi connectivity index (χ0n) is 23.5. The van der Waals surface area contributed by atoms with Crippen LogP contribution in [0.15, 0.2) is 11.6 Å². The van der Waals surface area contributed by atoms with Gasteiger partial charge in [-0.1, -0.05) is 6.08 Å². The van der Waals surface area contributed by atoms with Gasteiger partial charge in [0.1, 0.15) is 79.4 Å². The minimum atomic E-state index is -1.93. The van der Waals surface area contributed by atoms with Crippen molar-refractivity contribution in [3.63, 3.8) is 0 Å². The molecule has 4 aliphatic rings. The molecule has 3 fully saturated rings. The minimum Gasteiger partial charge on any atom is -0.394 e. The standard InChI is InChI=1S/C25H43NO18/c1-6-11(26-8-2-7(3-27)12(30)15(33)13(8)31)14(32)19(37)24(40-6)43-22-10(5-29)42-25(20(38)17(22)35)44-21-9(4-28)41-23(39)18(36)16(21)34/h2,6,8-39H,3-5H2,1H3/t6-,8+,9-,10-,11+,12+,13+,14+,15-,16+,17+,18-,19+,20+,21+,22+,23-,24-,25-/m1/s1. The Labute approximate surface area is 250 Å². The van der Waals surface area contributed by atoms with Gasteiger partial charge in [0.2, 0.25) is 0 Å². The molecule has 44 heavy (non-hydrogen) atoms. The van der Waals surface area contributed by atoms with E-state index < -0.39 is 136 Å². The van der Waals surface area contributed by atoms with E-state index in [4.69, 9.17) is 23.7 Å². The molecule has 19 heteroatoms. The smallest absolute Gasteiger partial charge is 0.187 e. The van der Waals surface area contributed by atoms with E-state index in [-0.39, 0.29) is 5.57 Å². The normalized spacial score (nSPS) is 52.0. The van der Waals surface area contributed by atoms with E-state index in [0.29, 0.717) is 0 Å². The summed E-state index contributed by atoms with van der Waals surface area (Å²) in [5.74, 6) is 0. The van der Waals surface area contributed by atoms with E-state index in [1.165, 1.54) is 13.0 Å². The third kappa shape index (κ3) is 6.96. The quantitative estimate of drug-likeness (QED) is 0.103. The third-order valence-corrected chi connectivity index (χ3v) is 8.48. The molecule has 0 radical (unpaired) electrons. The topological polar surface area (TPSA) is 321 Å². The molecule has 14 N–H and O–H groups in total. The summed E-state index contributed by atoms with van der Waals surface area (Å²) in [4.78, 5) is 0. The highest BCUT2D eigenvalue weighted by Gasteiger charge is 2.53. The molecule has 0 bridgehead atoms. The molecule has 3 aliphatic heterocycles. The van der Waals surface area contributed by atoms with Gasteiger partial charge in [-0.15, -0.1) is 0 Å². The lowest BCUT2D eigenvalue weighted by atomic mass is 9.86. The molecule has 19 nitrogen and oxygen atoms in total. The van der Waals surface area contributed by atoms with Crippen LogP contribution in [0.4, 0.5) is 0 Å². The van der Waals surface area contributed by atoms with Crippen LogP contribution >= 0.6 is 0 Å². The van der Waals surface area contributed by atoms with Crippen molar-refractivity contribution in [3.8, 4) is 0 Å². The highest BCUT2D eigenvalue weighted by Crippen LogP contribution is 2.32. The molecule has 0 spiro atoms. The number of aliphatic hydroxyl groups excluding tert-OH is 13. The second-order valence-corrected chi connectivity index (χ2v) is 11.4. The van der Waals surface area contributed by atoms with E-state index in [1.54, 1.807) is 0 Å². The molecule has 0 amide bonds. The van der Waals surface area contributed by atoms with E-state index in [1.807, 2.05) is 0 Å². The highest BCUT2D eigenvalue weighted by molar-refractivity contribution is 5.22. The van der Waals surface area contributed by atoms with Gasteiger partial charge in [-0.05, 0) is 12.5 Å². The summed E-state index contributed by atoms with van der Waals surface area (Å²) < 4.78 is 27.4. The Morgan fingerprint density at radius 3 is 1.73 bits per heavy atom. The van der Waals surface area contributed by atoms with Crippen molar-refractivity contribution in [2.45, 2.75) is 123 Å². The lowest BCUT2D eigenvalue weighted by Crippen LogP contribution is -2.68. The second kappa shape index (κ2) is 14.8. The maximum atomic E-state index is 10.9. The molecule has 0 aromatic heterocycles. The van der Waals surface area contributed by atoms with Crippen molar-refractivity contribution in [1.82, 2.24) is 5.32 Å². The SMILES string of the molecule is C[C@H]1O[C@H](O[C@@H]2[C@@H](O)[C@H](O)[C@@H](O[C@@H]3[C@@H](O)[C@@H](O)[C@H](O)O[C@@H]3CO)O[C@@H]2CO)[C@@H](O)[C@@H](O)[C@H]1N[C@H]1C=C(CO)[C@H](O)[C@@H](O)[C@H]1O. The zero-order chi connectivity index (χ0) is 32.6. The van der Waals surface area contributed by atoms with Crippen molar-refractivity contribution >= 4 is 0 Å². The maximum absolute atomic E-state index is 10.9.